The molecule has 0 bridgehead atoms. The largest absolute Gasteiger partial charge is 0.478 e. The standard InChI is InChI=1S/C14H21NO4S/c1-5-12(6-2)15-20(18,19)13-8-11(14(16)17)7-9(3)10(13)4/h7-8,12,15H,5-6H2,1-4H3,(H,16,17). The van der Waals surface area contributed by atoms with E-state index in [4.69, 9.17) is 5.11 Å². The van der Waals surface area contributed by atoms with Crippen molar-refractivity contribution in [3.8, 4) is 0 Å². The average molecular weight is 299 g/mol. The Kier molecular flexibility index (Phi) is 5.30. The van der Waals surface area contributed by atoms with E-state index in [1.165, 1.54) is 12.1 Å². The van der Waals surface area contributed by atoms with Crippen molar-refractivity contribution in [1.29, 1.82) is 0 Å². The van der Waals surface area contributed by atoms with E-state index in [1.807, 2.05) is 13.8 Å². The first kappa shape index (κ1) is 16.7. The van der Waals surface area contributed by atoms with Crippen LogP contribution in [0.15, 0.2) is 17.0 Å². The zero-order valence-electron chi connectivity index (χ0n) is 12.2. The minimum Gasteiger partial charge on any atom is -0.478 e. The van der Waals surface area contributed by atoms with Crippen molar-refractivity contribution in [1.82, 2.24) is 4.72 Å². The highest BCUT2D eigenvalue weighted by Gasteiger charge is 2.22. The number of hydrogen-bond donors (Lipinski definition) is 2. The molecule has 0 heterocycles. The quantitative estimate of drug-likeness (QED) is 0.845. The fourth-order valence-electron chi connectivity index (χ4n) is 1.97. The van der Waals surface area contributed by atoms with Gasteiger partial charge in [0.05, 0.1) is 10.5 Å². The molecule has 6 heteroatoms. The maximum absolute atomic E-state index is 12.4. The highest BCUT2D eigenvalue weighted by molar-refractivity contribution is 7.89. The molecule has 112 valence electrons. The van der Waals surface area contributed by atoms with E-state index in [0.29, 0.717) is 24.0 Å². The summed E-state index contributed by atoms with van der Waals surface area (Å²) in [6.07, 6.45) is 1.37. The summed E-state index contributed by atoms with van der Waals surface area (Å²) in [5.41, 5.74) is 1.21. The number of hydrogen-bond acceptors (Lipinski definition) is 3. The molecule has 0 unspecified atom stereocenters. The van der Waals surface area contributed by atoms with Crippen molar-refractivity contribution in [3.63, 3.8) is 0 Å². The van der Waals surface area contributed by atoms with Crippen molar-refractivity contribution in [2.75, 3.05) is 0 Å². The molecule has 0 spiro atoms. The van der Waals surface area contributed by atoms with Crippen molar-refractivity contribution in [2.24, 2.45) is 0 Å². The summed E-state index contributed by atoms with van der Waals surface area (Å²) in [6.45, 7) is 7.20. The van der Waals surface area contributed by atoms with E-state index in [1.54, 1.807) is 13.8 Å². The number of nitrogens with one attached hydrogen (secondary N) is 1. The molecule has 0 aromatic heterocycles. The van der Waals surface area contributed by atoms with Crippen molar-refractivity contribution in [2.45, 2.75) is 51.5 Å². The number of carbonyl (C=O) groups is 1. The molecule has 0 fully saturated rings. The van der Waals surface area contributed by atoms with Gasteiger partial charge in [-0.2, -0.15) is 0 Å². The Morgan fingerprint density at radius 1 is 1.25 bits per heavy atom. The highest BCUT2D eigenvalue weighted by atomic mass is 32.2. The molecule has 0 saturated heterocycles. The second-order valence-electron chi connectivity index (χ2n) is 4.86. The molecule has 0 atom stereocenters. The molecule has 0 saturated carbocycles. The van der Waals surface area contributed by atoms with Crippen LogP contribution in [0.2, 0.25) is 0 Å². The predicted octanol–water partition coefficient (Wildman–Crippen LogP) is 2.47. The van der Waals surface area contributed by atoms with Crippen molar-refractivity contribution in [3.05, 3.63) is 28.8 Å². The van der Waals surface area contributed by atoms with Gasteiger partial charge in [-0.25, -0.2) is 17.9 Å². The number of carboxylic acid groups (broad SMARTS) is 1. The summed E-state index contributed by atoms with van der Waals surface area (Å²) < 4.78 is 27.4. The van der Waals surface area contributed by atoms with E-state index in [2.05, 4.69) is 4.72 Å². The summed E-state index contributed by atoms with van der Waals surface area (Å²) >= 11 is 0. The minimum absolute atomic E-state index is 0.0157. The van der Waals surface area contributed by atoms with Crippen LogP contribution in [0.1, 0.15) is 48.2 Å². The van der Waals surface area contributed by atoms with E-state index in [9.17, 15) is 13.2 Å². The van der Waals surface area contributed by atoms with Crippen LogP contribution in [-0.4, -0.2) is 25.5 Å². The summed E-state index contributed by atoms with van der Waals surface area (Å²) in [5.74, 6) is -1.13. The summed E-state index contributed by atoms with van der Waals surface area (Å²) in [5, 5.41) is 9.05. The van der Waals surface area contributed by atoms with Crippen LogP contribution < -0.4 is 4.72 Å². The number of carboxylic acids is 1. The van der Waals surface area contributed by atoms with Crippen LogP contribution >= 0.6 is 0 Å². The number of aromatic carboxylic acids is 1. The van der Waals surface area contributed by atoms with Crippen LogP contribution in [0.5, 0.6) is 0 Å². The summed E-state index contributed by atoms with van der Waals surface area (Å²) in [7, 11) is -3.71. The average Bonchev–Trinajstić information content (AvgIpc) is 2.38. The lowest BCUT2D eigenvalue weighted by atomic mass is 10.1. The van der Waals surface area contributed by atoms with E-state index >= 15 is 0 Å². The Bertz CT molecular complexity index is 604. The van der Waals surface area contributed by atoms with E-state index < -0.39 is 16.0 Å². The molecule has 0 aliphatic carbocycles. The van der Waals surface area contributed by atoms with Gasteiger partial charge in [-0.05, 0) is 49.9 Å². The molecule has 0 amide bonds. The molecule has 1 rings (SSSR count). The highest BCUT2D eigenvalue weighted by Crippen LogP contribution is 2.22. The molecule has 1 aromatic carbocycles. The maximum atomic E-state index is 12.4. The van der Waals surface area contributed by atoms with Gasteiger partial charge >= 0.3 is 5.97 Å². The minimum atomic E-state index is -3.71. The number of benzene rings is 1. The monoisotopic (exact) mass is 299 g/mol. The van der Waals surface area contributed by atoms with Gasteiger partial charge in [0, 0.05) is 6.04 Å². The third-order valence-corrected chi connectivity index (χ3v) is 5.11. The number of sulfonamides is 1. The molecule has 20 heavy (non-hydrogen) atoms. The Morgan fingerprint density at radius 2 is 1.80 bits per heavy atom. The molecule has 0 radical (unpaired) electrons. The lowest BCUT2D eigenvalue weighted by Gasteiger charge is -2.17. The van der Waals surface area contributed by atoms with Gasteiger partial charge < -0.3 is 5.11 Å². The molecular formula is C14H21NO4S. The topological polar surface area (TPSA) is 83.5 Å². The maximum Gasteiger partial charge on any atom is 0.335 e. The second kappa shape index (κ2) is 6.37. The molecule has 5 nitrogen and oxygen atoms in total. The molecule has 0 aliphatic rings. The fourth-order valence-corrected chi connectivity index (χ4v) is 3.71. The van der Waals surface area contributed by atoms with Gasteiger partial charge in [0.25, 0.3) is 0 Å². The first-order chi connectivity index (χ1) is 9.22. The Hall–Kier alpha value is -1.40. The van der Waals surface area contributed by atoms with Crippen molar-refractivity contribution >= 4 is 16.0 Å². The smallest absolute Gasteiger partial charge is 0.335 e. The lowest BCUT2D eigenvalue weighted by molar-refractivity contribution is 0.0696. The summed E-state index contributed by atoms with van der Waals surface area (Å²) in [6, 6.07) is 2.55. The lowest BCUT2D eigenvalue weighted by Crippen LogP contribution is -2.34. The Labute approximate surface area is 120 Å². The molecule has 0 aliphatic heterocycles. The van der Waals surface area contributed by atoms with Gasteiger partial charge in [0.1, 0.15) is 0 Å². The van der Waals surface area contributed by atoms with Crippen LogP contribution in [-0.2, 0) is 10.0 Å². The van der Waals surface area contributed by atoms with E-state index in [0.717, 1.165) is 0 Å². The van der Waals surface area contributed by atoms with Gasteiger partial charge in [0.15, 0.2) is 0 Å². The number of rotatable bonds is 6. The van der Waals surface area contributed by atoms with Gasteiger partial charge in [-0.3, -0.25) is 0 Å². The first-order valence-electron chi connectivity index (χ1n) is 6.59. The third kappa shape index (κ3) is 3.58. The number of aryl methyl sites for hydroxylation is 1. The molecule has 1 aromatic rings. The van der Waals surface area contributed by atoms with Gasteiger partial charge in [-0.1, -0.05) is 13.8 Å². The summed E-state index contributed by atoms with van der Waals surface area (Å²) in [4.78, 5) is 11.1. The third-order valence-electron chi connectivity index (χ3n) is 3.46. The normalized spacial score (nSPS) is 11.8. The Balaban J connectivity index is 3.34. The first-order valence-corrected chi connectivity index (χ1v) is 8.08. The fraction of sp³-hybridized carbons (Fsp3) is 0.500. The van der Waals surface area contributed by atoms with E-state index in [-0.39, 0.29) is 16.5 Å². The van der Waals surface area contributed by atoms with Gasteiger partial charge in [0.2, 0.25) is 10.0 Å². The molecule has 2 N–H and O–H groups in total. The van der Waals surface area contributed by atoms with Crippen LogP contribution in [0, 0.1) is 13.8 Å². The zero-order chi connectivity index (χ0) is 15.5. The zero-order valence-corrected chi connectivity index (χ0v) is 13.0. The van der Waals surface area contributed by atoms with Crippen LogP contribution in [0.3, 0.4) is 0 Å². The molecular weight excluding hydrogens is 278 g/mol. The van der Waals surface area contributed by atoms with Crippen LogP contribution in [0.25, 0.3) is 0 Å². The predicted molar refractivity (Wildman–Crippen MR) is 77.6 cm³/mol. The Morgan fingerprint density at radius 3 is 2.25 bits per heavy atom. The van der Waals surface area contributed by atoms with Crippen LogP contribution in [0.4, 0.5) is 0 Å². The van der Waals surface area contributed by atoms with Gasteiger partial charge in [-0.15, -0.1) is 0 Å². The SMILES string of the molecule is CCC(CC)NS(=O)(=O)c1cc(C(=O)O)cc(C)c1C. The van der Waals surface area contributed by atoms with Crippen molar-refractivity contribution < 1.29 is 18.3 Å². The second-order valence-corrected chi connectivity index (χ2v) is 6.54.